The third kappa shape index (κ3) is 2.63. The van der Waals surface area contributed by atoms with Gasteiger partial charge in [-0.2, -0.15) is 4.39 Å². The van der Waals surface area contributed by atoms with E-state index in [9.17, 15) is 13.9 Å². The van der Waals surface area contributed by atoms with Crippen LogP contribution in [0.2, 0.25) is 0 Å². The molecule has 1 heterocycles. The third-order valence-electron chi connectivity index (χ3n) is 3.33. The van der Waals surface area contributed by atoms with Crippen LogP contribution in [0.1, 0.15) is 17.3 Å². The first-order valence-electron chi connectivity index (χ1n) is 6.63. The van der Waals surface area contributed by atoms with Crippen LogP contribution in [0.4, 0.5) is 14.5 Å². The molecule has 3 N–H and O–H groups in total. The second kappa shape index (κ2) is 5.85. The van der Waals surface area contributed by atoms with Gasteiger partial charge in [0.05, 0.1) is 29.9 Å². The lowest BCUT2D eigenvalue weighted by Gasteiger charge is -2.20. The summed E-state index contributed by atoms with van der Waals surface area (Å²) in [6.45, 7) is 0. The topological polar surface area (TPSA) is 60.9 Å². The standard InChI is InChI=1S/C16H13F2N3O/c17-11-6-7-12(16(22)14(11)18)21-15(13-8-19-9-20-13)10-4-2-1-3-5-10/h1-9,15,21-22H,(H,19,20). The SMILES string of the molecule is Oc1c(NC(c2ccccc2)c2cnc[nH]2)ccc(F)c1F. The van der Waals surface area contributed by atoms with Crippen molar-refractivity contribution in [1.82, 2.24) is 9.97 Å². The van der Waals surface area contributed by atoms with E-state index in [1.165, 1.54) is 12.4 Å². The Hall–Kier alpha value is -2.89. The van der Waals surface area contributed by atoms with Crippen molar-refractivity contribution in [1.29, 1.82) is 0 Å². The quantitative estimate of drug-likeness (QED) is 0.645. The molecule has 3 rings (SSSR count). The number of phenols is 1. The molecule has 1 unspecified atom stereocenters. The minimum atomic E-state index is -1.28. The highest BCUT2D eigenvalue weighted by atomic mass is 19.2. The summed E-state index contributed by atoms with van der Waals surface area (Å²) in [4.78, 5) is 6.95. The summed E-state index contributed by atoms with van der Waals surface area (Å²) >= 11 is 0. The van der Waals surface area contributed by atoms with Crippen molar-refractivity contribution >= 4 is 5.69 Å². The smallest absolute Gasteiger partial charge is 0.202 e. The van der Waals surface area contributed by atoms with Gasteiger partial charge in [-0.1, -0.05) is 30.3 Å². The molecule has 0 fully saturated rings. The Balaban J connectivity index is 2.00. The molecule has 0 spiro atoms. The summed E-state index contributed by atoms with van der Waals surface area (Å²) < 4.78 is 26.6. The van der Waals surface area contributed by atoms with Gasteiger partial charge in [-0.15, -0.1) is 0 Å². The fraction of sp³-hybridized carbons (Fsp3) is 0.0625. The summed E-state index contributed by atoms with van der Waals surface area (Å²) in [5.41, 5.74) is 1.72. The minimum absolute atomic E-state index is 0.0994. The van der Waals surface area contributed by atoms with E-state index in [4.69, 9.17) is 0 Å². The molecule has 0 amide bonds. The molecule has 1 atom stereocenters. The zero-order valence-electron chi connectivity index (χ0n) is 11.4. The van der Waals surface area contributed by atoms with Crippen LogP contribution < -0.4 is 5.32 Å². The molecular formula is C16H13F2N3O. The highest BCUT2D eigenvalue weighted by Crippen LogP contribution is 2.33. The Morgan fingerprint density at radius 2 is 1.86 bits per heavy atom. The maximum atomic E-state index is 13.5. The highest BCUT2D eigenvalue weighted by Gasteiger charge is 2.19. The molecule has 0 bridgehead atoms. The average Bonchev–Trinajstić information content (AvgIpc) is 3.07. The van der Waals surface area contributed by atoms with Crippen molar-refractivity contribution in [2.45, 2.75) is 6.04 Å². The first-order valence-corrected chi connectivity index (χ1v) is 6.63. The van der Waals surface area contributed by atoms with Crippen molar-refractivity contribution in [3.8, 4) is 5.75 Å². The molecule has 0 radical (unpaired) electrons. The lowest BCUT2D eigenvalue weighted by molar-refractivity contribution is 0.408. The largest absolute Gasteiger partial charge is 0.503 e. The highest BCUT2D eigenvalue weighted by molar-refractivity contribution is 5.58. The van der Waals surface area contributed by atoms with Crippen LogP contribution in [-0.2, 0) is 0 Å². The number of hydrogen-bond donors (Lipinski definition) is 3. The summed E-state index contributed by atoms with van der Waals surface area (Å²) in [5, 5.41) is 12.8. The van der Waals surface area contributed by atoms with Crippen molar-refractivity contribution in [2.75, 3.05) is 5.32 Å². The zero-order chi connectivity index (χ0) is 15.5. The lowest BCUT2D eigenvalue weighted by Crippen LogP contribution is -2.13. The Morgan fingerprint density at radius 1 is 1.09 bits per heavy atom. The van der Waals surface area contributed by atoms with Gasteiger partial charge in [-0.3, -0.25) is 0 Å². The van der Waals surface area contributed by atoms with E-state index in [1.807, 2.05) is 30.3 Å². The second-order valence-corrected chi connectivity index (χ2v) is 4.75. The van der Waals surface area contributed by atoms with E-state index in [2.05, 4.69) is 15.3 Å². The molecule has 0 saturated heterocycles. The van der Waals surface area contributed by atoms with E-state index in [1.54, 1.807) is 6.20 Å². The number of phenolic OH excluding ortho intramolecular Hbond substituents is 1. The first-order chi connectivity index (χ1) is 10.7. The van der Waals surface area contributed by atoms with Crippen molar-refractivity contribution in [3.05, 3.63) is 77.9 Å². The monoisotopic (exact) mass is 301 g/mol. The van der Waals surface area contributed by atoms with Crippen LogP contribution >= 0.6 is 0 Å². The van der Waals surface area contributed by atoms with Gasteiger partial charge in [-0.25, -0.2) is 9.37 Å². The number of hydrogen-bond acceptors (Lipinski definition) is 3. The molecule has 6 heteroatoms. The fourth-order valence-corrected chi connectivity index (χ4v) is 2.22. The molecule has 0 aliphatic heterocycles. The maximum Gasteiger partial charge on any atom is 0.202 e. The molecule has 0 aliphatic rings. The Labute approximate surface area is 125 Å². The number of halogens is 2. The number of imidazole rings is 1. The van der Waals surface area contributed by atoms with Crippen molar-refractivity contribution in [2.24, 2.45) is 0 Å². The van der Waals surface area contributed by atoms with Gasteiger partial charge in [0.2, 0.25) is 5.82 Å². The van der Waals surface area contributed by atoms with E-state index < -0.39 is 17.4 Å². The van der Waals surface area contributed by atoms with Gasteiger partial charge in [-0.05, 0) is 17.7 Å². The number of aromatic hydroxyl groups is 1. The Kier molecular flexibility index (Phi) is 3.74. The Bertz CT molecular complexity index is 761. The predicted octanol–water partition coefficient (Wildman–Crippen LogP) is 3.60. The van der Waals surface area contributed by atoms with Gasteiger partial charge in [0.1, 0.15) is 0 Å². The normalized spacial score (nSPS) is 12.1. The summed E-state index contributed by atoms with van der Waals surface area (Å²) in [6.07, 6.45) is 3.15. The van der Waals surface area contributed by atoms with E-state index in [-0.39, 0.29) is 11.7 Å². The fourth-order valence-electron chi connectivity index (χ4n) is 2.22. The van der Waals surface area contributed by atoms with Gasteiger partial charge in [0, 0.05) is 0 Å². The minimum Gasteiger partial charge on any atom is -0.503 e. The van der Waals surface area contributed by atoms with Crippen LogP contribution in [-0.4, -0.2) is 15.1 Å². The van der Waals surface area contributed by atoms with E-state index in [0.717, 1.165) is 17.3 Å². The Morgan fingerprint density at radius 3 is 2.55 bits per heavy atom. The molecule has 2 aromatic carbocycles. The second-order valence-electron chi connectivity index (χ2n) is 4.75. The molecule has 4 nitrogen and oxygen atoms in total. The summed E-state index contributed by atoms with van der Waals surface area (Å²) in [5.74, 6) is -3.12. The predicted molar refractivity (Wildman–Crippen MR) is 78.5 cm³/mol. The van der Waals surface area contributed by atoms with Gasteiger partial charge >= 0.3 is 0 Å². The molecule has 0 saturated carbocycles. The van der Waals surface area contributed by atoms with Crippen LogP contribution in [0, 0.1) is 11.6 Å². The number of anilines is 1. The van der Waals surface area contributed by atoms with Crippen LogP contribution in [0.15, 0.2) is 55.0 Å². The number of aromatic amines is 1. The molecule has 22 heavy (non-hydrogen) atoms. The van der Waals surface area contributed by atoms with E-state index in [0.29, 0.717) is 0 Å². The van der Waals surface area contributed by atoms with Gasteiger partial charge in [0.25, 0.3) is 0 Å². The third-order valence-corrected chi connectivity index (χ3v) is 3.33. The maximum absolute atomic E-state index is 13.5. The van der Waals surface area contributed by atoms with Crippen molar-refractivity contribution in [3.63, 3.8) is 0 Å². The number of nitrogens with one attached hydrogen (secondary N) is 2. The average molecular weight is 301 g/mol. The summed E-state index contributed by atoms with van der Waals surface area (Å²) in [7, 11) is 0. The zero-order valence-corrected chi connectivity index (χ0v) is 11.4. The number of benzene rings is 2. The molecule has 0 aliphatic carbocycles. The van der Waals surface area contributed by atoms with Crippen LogP contribution in [0.25, 0.3) is 0 Å². The number of nitrogens with zero attached hydrogens (tertiary/aromatic N) is 1. The number of rotatable bonds is 4. The first kappa shape index (κ1) is 14.1. The van der Waals surface area contributed by atoms with Gasteiger partial charge < -0.3 is 15.4 Å². The molecule has 3 aromatic rings. The molecule has 112 valence electrons. The lowest BCUT2D eigenvalue weighted by atomic mass is 10.0. The van der Waals surface area contributed by atoms with Crippen molar-refractivity contribution < 1.29 is 13.9 Å². The van der Waals surface area contributed by atoms with Gasteiger partial charge in [0.15, 0.2) is 11.6 Å². The number of H-pyrrole nitrogens is 1. The molecule has 1 aromatic heterocycles. The van der Waals surface area contributed by atoms with E-state index >= 15 is 0 Å². The molecular weight excluding hydrogens is 288 g/mol. The number of aromatic nitrogens is 2. The summed E-state index contributed by atoms with van der Waals surface area (Å²) in [6, 6.07) is 11.2. The van der Waals surface area contributed by atoms with Crippen LogP contribution in [0.3, 0.4) is 0 Å². The van der Waals surface area contributed by atoms with Crippen LogP contribution in [0.5, 0.6) is 5.75 Å².